The Labute approximate surface area is 158 Å². The van der Waals surface area contributed by atoms with E-state index >= 15 is 0 Å². The van der Waals surface area contributed by atoms with Crippen molar-refractivity contribution in [1.29, 1.82) is 0 Å². The second kappa shape index (κ2) is 8.03. The summed E-state index contributed by atoms with van der Waals surface area (Å²) >= 11 is 0. The first-order chi connectivity index (χ1) is 11.9. The fraction of sp³-hybridized carbons (Fsp3) is 0.950. The quantitative estimate of drug-likeness (QED) is 0.725. The first kappa shape index (κ1) is 21.5. The molecule has 2 rings (SSSR count). The van der Waals surface area contributed by atoms with Crippen molar-refractivity contribution >= 4 is 6.09 Å². The van der Waals surface area contributed by atoms with Crippen LogP contribution in [0.15, 0.2) is 0 Å². The summed E-state index contributed by atoms with van der Waals surface area (Å²) in [5.74, 6) is 0.0803. The van der Waals surface area contributed by atoms with E-state index in [1.807, 2.05) is 39.5 Å². The third-order valence-electron chi connectivity index (χ3n) is 4.98. The number of hydrogen-bond donors (Lipinski definition) is 1. The fourth-order valence-corrected chi connectivity index (χ4v) is 3.86. The van der Waals surface area contributed by atoms with E-state index in [0.717, 1.165) is 38.9 Å². The molecule has 1 N–H and O–H groups in total. The molecule has 2 aliphatic rings. The molecule has 0 aromatic carbocycles. The Balaban J connectivity index is 1.67. The molecule has 2 saturated heterocycles. The highest BCUT2D eigenvalue weighted by Crippen LogP contribution is 2.36. The molecule has 2 atom stereocenters. The lowest BCUT2D eigenvalue weighted by Crippen LogP contribution is -2.45. The lowest BCUT2D eigenvalue weighted by Gasteiger charge is -2.33. The van der Waals surface area contributed by atoms with Crippen molar-refractivity contribution < 1.29 is 19.0 Å². The molecule has 6 nitrogen and oxygen atoms in total. The van der Waals surface area contributed by atoms with Crippen molar-refractivity contribution in [3.05, 3.63) is 0 Å². The van der Waals surface area contributed by atoms with Gasteiger partial charge in [-0.05, 0) is 80.2 Å². The van der Waals surface area contributed by atoms with Crippen LogP contribution in [0.25, 0.3) is 0 Å². The lowest BCUT2D eigenvalue weighted by atomic mass is 9.93. The molecule has 0 spiro atoms. The highest BCUT2D eigenvalue weighted by atomic mass is 16.7. The van der Waals surface area contributed by atoms with Crippen LogP contribution in [0.5, 0.6) is 0 Å². The maximum atomic E-state index is 12.5. The second-order valence-corrected chi connectivity index (χ2v) is 9.77. The van der Waals surface area contributed by atoms with Crippen LogP contribution in [-0.4, -0.2) is 60.3 Å². The normalized spacial score (nSPS) is 27.7. The van der Waals surface area contributed by atoms with Crippen molar-refractivity contribution in [2.75, 3.05) is 26.2 Å². The third-order valence-corrected chi connectivity index (χ3v) is 4.98. The zero-order chi connectivity index (χ0) is 19.6. The Morgan fingerprint density at radius 2 is 1.96 bits per heavy atom. The van der Waals surface area contributed by atoms with Gasteiger partial charge in [-0.1, -0.05) is 0 Å². The number of ether oxygens (including phenoxy) is 3. The molecule has 2 fully saturated rings. The number of hydrogen-bond acceptors (Lipinski definition) is 5. The predicted octanol–water partition coefficient (Wildman–Crippen LogP) is 3.54. The Kier molecular flexibility index (Phi) is 6.62. The molecule has 0 aromatic heterocycles. The van der Waals surface area contributed by atoms with E-state index in [9.17, 15) is 4.79 Å². The minimum absolute atomic E-state index is 0.137. The summed E-state index contributed by atoms with van der Waals surface area (Å²) in [5.41, 5.74) is -0.587. The van der Waals surface area contributed by atoms with E-state index in [0.29, 0.717) is 12.5 Å². The number of amides is 1. The summed E-state index contributed by atoms with van der Waals surface area (Å²) in [6, 6.07) is 0. The molecule has 0 radical (unpaired) electrons. The number of carbonyl (C=O) groups is 1. The van der Waals surface area contributed by atoms with Crippen molar-refractivity contribution in [2.45, 2.75) is 90.8 Å². The van der Waals surface area contributed by atoms with Gasteiger partial charge in [0.05, 0.1) is 12.7 Å². The number of rotatable bonds is 6. The van der Waals surface area contributed by atoms with Gasteiger partial charge in [0.15, 0.2) is 5.79 Å². The largest absolute Gasteiger partial charge is 0.444 e. The summed E-state index contributed by atoms with van der Waals surface area (Å²) in [7, 11) is 0. The summed E-state index contributed by atoms with van der Waals surface area (Å²) in [5, 5.41) is 3.46. The zero-order valence-corrected chi connectivity index (χ0v) is 17.7. The van der Waals surface area contributed by atoms with Crippen molar-refractivity contribution in [1.82, 2.24) is 10.2 Å². The number of carbonyl (C=O) groups excluding carboxylic acids is 1. The molecule has 1 amide bonds. The van der Waals surface area contributed by atoms with E-state index < -0.39 is 11.4 Å². The van der Waals surface area contributed by atoms with Crippen molar-refractivity contribution in [3.8, 4) is 0 Å². The molecular formula is C20H38N2O4. The molecule has 6 heteroatoms. The van der Waals surface area contributed by atoms with Gasteiger partial charge >= 0.3 is 6.09 Å². The molecule has 2 heterocycles. The molecule has 152 valence electrons. The zero-order valence-electron chi connectivity index (χ0n) is 17.7. The molecule has 2 aliphatic heterocycles. The second-order valence-electron chi connectivity index (χ2n) is 9.77. The maximum Gasteiger partial charge on any atom is 0.410 e. The van der Waals surface area contributed by atoms with Gasteiger partial charge in [0, 0.05) is 18.6 Å². The van der Waals surface area contributed by atoms with E-state index in [1.165, 1.54) is 0 Å². The molecular weight excluding hydrogens is 332 g/mol. The van der Waals surface area contributed by atoms with Crippen LogP contribution >= 0.6 is 0 Å². The average Bonchev–Trinajstić information content (AvgIpc) is 2.95. The van der Waals surface area contributed by atoms with Gasteiger partial charge in [-0.3, -0.25) is 0 Å². The minimum Gasteiger partial charge on any atom is -0.444 e. The van der Waals surface area contributed by atoms with Gasteiger partial charge in [0.1, 0.15) is 5.60 Å². The first-order valence-electron chi connectivity index (χ1n) is 9.91. The van der Waals surface area contributed by atoms with Gasteiger partial charge in [0.25, 0.3) is 0 Å². The third kappa shape index (κ3) is 6.39. The Morgan fingerprint density at radius 1 is 1.27 bits per heavy atom. The van der Waals surface area contributed by atoms with Gasteiger partial charge in [-0.25, -0.2) is 4.79 Å². The molecule has 1 unspecified atom stereocenters. The monoisotopic (exact) mass is 370 g/mol. The Hall–Kier alpha value is -0.850. The van der Waals surface area contributed by atoms with E-state index in [2.05, 4.69) is 19.2 Å². The highest BCUT2D eigenvalue weighted by molar-refractivity contribution is 5.69. The number of nitrogens with one attached hydrogen (secondary N) is 1. The Morgan fingerprint density at radius 3 is 2.54 bits per heavy atom. The molecule has 26 heavy (non-hydrogen) atoms. The number of likely N-dealkylation sites (tertiary alicyclic amines) is 1. The van der Waals surface area contributed by atoms with Crippen LogP contribution in [0.2, 0.25) is 0 Å². The first-order valence-corrected chi connectivity index (χ1v) is 9.91. The lowest BCUT2D eigenvalue weighted by molar-refractivity contribution is -0.137. The van der Waals surface area contributed by atoms with Crippen LogP contribution in [0.4, 0.5) is 4.79 Å². The standard InChI is InChI=1S/C20H38N2O4/c1-18(2,3)26-17(23)22-13-15(11-19(22,4)5)9-8-10-21-12-16-14-24-20(6,7)25-16/h15-16,21H,8-14H2,1-7H3/t15-,16?/m0/s1. The van der Waals surface area contributed by atoms with Gasteiger partial charge in [-0.2, -0.15) is 0 Å². The summed E-state index contributed by atoms with van der Waals surface area (Å²) < 4.78 is 16.9. The summed E-state index contributed by atoms with van der Waals surface area (Å²) in [6.45, 7) is 17.1. The minimum atomic E-state index is -0.451. The smallest absolute Gasteiger partial charge is 0.410 e. The highest BCUT2D eigenvalue weighted by Gasteiger charge is 2.42. The van der Waals surface area contributed by atoms with Crippen molar-refractivity contribution in [3.63, 3.8) is 0 Å². The van der Waals surface area contributed by atoms with Gasteiger partial charge in [0.2, 0.25) is 0 Å². The van der Waals surface area contributed by atoms with Crippen LogP contribution in [0.3, 0.4) is 0 Å². The molecule has 0 aliphatic carbocycles. The summed E-state index contributed by atoms with van der Waals surface area (Å²) in [6.07, 6.45) is 3.19. The average molecular weight is 371 g/mol. The Bertz CT molecular complexity index is 485. The van der Waals surface area contributed by atoms with Gasteiger partial charge in [-0.15, -0.1) is 0 Å². The van der Waals surface area contributed by atoms with E-state index in [-0.39, 0.29) is 17.7 Å². The summed E-state index contributed by atoms with van der Waals surface area (Å²) in [4.78, 5) is 14.4. The molecule has 0 aromatic rings. The van der Waals surface area contributed by atoms with Crippen LogP contribution in [-0.2, 0) is 14.2 Å². The van der Waals surface area contributed by atoms with Crippen molar-refractivity contribution in [2.24, 2.45) is 5.92 Å². The molecule has 0 bridgehead atoms. The number of nitrogens with zero attached hydrogens (tertiary/aromatic N) is 1. The SMILES string of the molecule is CC(C)(C)OC(=O)N1C[C@@H](CCCNCC2COC(C)(C)O2)CC1(C)C. The topological polar surface area (TPSA) is 60.0 Å². The molecule has 0 saturated carbocycles. The van der Waals surface area contributed by atoms with E-state index in [4.69, 9.17) is 14.2 Å². The van der Waals surface area contributed by atoms with Crippen LogP contribution in [0, 0.1) is 5.92 Å². The van der Waals surface area contributed by atoms with E-state index in [1.54, 1.807) is 0 Å². The van der Waals surface area contributed by atoms with Crippen LogP contribution in [0.1, 0.15) is 67.7 Å². The van der Waals surface area contributed by atoms with Crippen LogP contribution < -0.4 is 5.32 Å². The predicted molar refractivity (Wildman–Crippen MR) is 102 cm³/mol. The maximum absolute atomic E-state index is 12.5. The van der Waals surface area contributed by atoms with Gasteiger partial charge < -0.3 is 24.4 Å². The fourth-order valence-electron chi connectivity index (χ4n) is 3.86.